The lowest BCUT2D eigenvalue weighted by molar-refractivity contribution is -0.122. The van der Waals surface area contributed by atoms with Crippen LogP contribution >= 0.6 is 0 Å². The van der Waals surface area contributed by atoms with E-state index in [9.17, 15) is 9.59 Å². The van der Waals surface area contributed by atoms with Gasteiger partial charge in [0.15, 0.2) is 0 Å². The Bertz CT molecular complexity index is 459. The Morgan fingerprint density at radius 1 is 1.19 bits per heavy atom. The van der Waals surface area contributed by atoms with E-state index in [1.807, 2.05) is 6.92 Å². The Morgan fingerprint density at radius 3 is 2.48 bits per heavy atom. The molecule has 0 spiro atoms. The number of carbonyl (C=O) groups excluding carboxylic acids is 2. The predicted molar refractivity (Wildman–Crippen MR) is 83.2 cm³/mol. The first-order valence-corrected chi connectivity index (χ1v) is 7.37. The molecule has 116 valence electrons. The fourth-order valence-electron chi connectivity index (χ4n) is 1.63. The summed E-state index contributed by atoms with van der Waals surface area (Å²) in [7, 11) is 0. The molecule has 21 heavy (non-hydrogen) atoms. The summed E-state index contributed by atoms with van der Waals surface area (Å²) in [5, 5.41) is 8.53. The van der Waals surface area contributed by atoms with E-state index in [2.05, 4.69) is 27.9 Å². The molecule has 1 unspecified atom stereocenters. The molecule has 0 bridgehead atoms. The number of nitrogens with zero attached hydrogens (tertiary/aromatic N) is 1. The topological polar surface area (TPSA) is 83.1 Å². The van der Waals surface area contributed by atoms with Crippen molar-refractivity contribution in [3.8, 4) is 0 Å². The van der Waals surface area contributed by atoms with Gasteiger partial charge in [-0.2, -0.15) is 0 Å². The Labute approximate surface area is 125 Å². The zero-order valence-corrected chi connectivity index (χ0v) is 12.9. The zero-order chi connectivity index (χ0) is 15.7. The van der Waals surface area contributed by atoms with Crippen LogP contribution in [0.4, 0.5) is 5.82 Å². The molecular formula is C15H24N4O2. The molecule has 0 saturated carbocycles. The second kappa shape index (κ2) is 8.94. The molecule has 0 saturated heterocycles. The number of rotatable bonds is 8. The molecule has 0 radical (unpaired) electrons. The van der Waals surface area contributed by atoms with Crippen LogP contribution in [-0.4, -0.2) is 35.9 Å². The average molecular weight is 292 g/mol. The van der Waals surface area contributed by atoms with Crippen LogP contribution in [0.1, 0.15) is 44.0 Å². The highest BCUT2D eigenvalue weighted by atomic mass is 16.2. The van der Waals surface area contributed by atoms with Gasteiger partial charge in [0.05, 0.1) is 5.56 Å². The first kappa shape index (κ1) is 16.9. The minimum absolute atomic E-state index is 0.181. The summed E-state index contributed by atoms with van der Waals surface area (Å²) >= 11 is 0. The van der Waals surface area contributed by atoms with Crippen molar-refractivity contribution in [2.45, 2.75) is 39.7 Å². The fourth-order valence-corrected chi connectivity index (χ4v) is 1.63. The summed E-state index contributed by atoms with van der Waals surface area (Å²) in [6, 6.07) is 2.88. The molecule has 6 heteroatoms. The molecule has 0 aliphatic rings. The third-order valence-corrected chi connectivity index (χ3v) is 2.87. The lowest BCUT2D eigenvalue weighted by atomic mass is 10.2. The van der Waals surface area contributed by atoms with E-state index < -0.39 is 6.04 Å². The largest absolute Gasteiger partial charge is 0.370 e. The molecule has 1 atom stereocenters. The third-order valence-electron chi connectivity index (χ3n) is 2.87. The number of nitrogens with one attached hydrogen (secondary N) is 3. The molecule has 0 fully saturated rings. The van der Waals surface area contributed by atoms with Crippen LogP contribution in [0.5, 0.6) is 0 Å². The lowest BCUT2D eigenvalue weighted by Crippen LogP contribution is -2.45. The smallest absolute Gasteiger partial charge is 0.253 e. The van der Waals surface area contributed by atoms with Crippen molar-refractivity contribution >= 4 is 17.6 Å². The monoisotopic (exact) mass is 292 g/mol. The number of pyridine rings is 1. The first-order valence-electron chi connectivity index (χ1n) is 7.37. The molecule has 1 heterocycles. The summed E-state index contributed by atoms with van der Waals surface area (Å²) in [5.74, 6) is 0.255. The Morgan fingerprint density at radius 2 is 1.90 bits per heavy atom. The molecule has 1 aromatic rings. The summed E-state index contributed by atoms with van der Waals surface area (Å²) in [4.78, 5) is 27.9. The number of aromatic nitrogens is 1. The van der Waals surface area contributed by atoms with Gasteiger partial charge in [-0.3, -0.25) is 9.59 Å². The standard InChI is InChI=1S/C15H24N4O2/c1-4-8-16-13-7-6-12(10-18-13)15(21)19-11(3)14(20)17-9-5-2/h6-7,10-11H,4-5,8-9H2,1-3H3,(H,16,18)(H,17,20)(H,19,21). The molecule has 2 amide bonds. The van der Waals surface area contributed by atoms with Crippen LogP contribution in [0.2, 0.25) is 0 Å². The van der Waals surface area contributed by atoms with Crippen molar-refractivity contribution in [2.75, 3.05) is 18.4 Å². The van der Waals surface area contributed by atoms with Gasteiger partial charge in [0.1, 0.15) is 11.9 Å². The predicted octanol–water partition coefficient (Wildman–Crippen LogP) is 1.55. The molecule has 0 aliphatic heterocycles. The summed E-state index contributed by atoms with van der Waals surface area (Å²) < 4.78 is 0. The molecule has 1 aromatic heterocycles. The Hall–Kier alpha value is -2.11. The number of hydrogen-bond donors (Lipinski definition) is 3. The van der Waals surface area contributed by atoms with Crippen LogP contribution in [0, 0.1) is 0 Å². The van der Waals surface area contributed by atoms with Gasteiger partial charge in [-0.05, 0) is 31.9 Å². The number of hydrogen-bond acceptors (Lipinski definition) is 4. The molecule has 0 aliphatic carbocycles. The average Bonchev–Trinajstić information content (AvgIpc) is 2.50. The van der Waals surface area contributed by atoms with E-state index in [-0.39, 0.29) is 11.8 Å². The van der Waals surface area contributed by atoms with Gasteiger partial charge in [-0.15, -0.1) is 0 Å². The van der Waals surface area contributed by atoms with Gasteiger partial charge in [0, 0.05) is 19.3 Å². The maximum Gasteiger partial charge on any atom is 0.253 e. The third kappa shape index (κ3) is 5.81. The minimum atomic E-state index is -0.568. The van der Waals surface area contributed by atoms with Gasteiger partial charge >= 0.3 is 0 Å². The van der Waals surface area contributed by atoms with Crippen molar-refractivity contribution in [1.29, 1.82) is 0 Å². The van der Waals surface area contributed by atoms with Gasteiger partial charge in [-0.1, -0.05) is 13.8 Å². The fraction of sp³-hybridized carbons (Fsp3) is 0.533. The Kier molecular flexibility index (Phi) is 7.21. The van der Waals surface area contributed by atoms with Crippen LogP contribution in [0.25, 0.3) is 0 Å². The zero-order valence-electron chi connectivity index (χ0n) is 12.9. The summed E-state index contributed by atoms with van der Waals surface area (Å²) in [6.07, 6.45) is 3.38. The van der Waals surface area contributed by atoms with Gasteiger partial charge in [0.2, 0.25) is 5.91 Å². The van der Waals surface area contributed by atoms with E-state index in [1.54, 1.807) is 19.1 Å². The van der Waals surface area contributed by atoms with Crippen molar-refractivity contribution < 1.29 is 9.59 Å². The van der Waals surface area contributed by atoms with Crippen molar-refractivity contribution in [1.82, 2.24) is 15.6 Å². The highest BCUT2D eigenvalue weighted by Crippen LogP contribution is 2.05. The van der Waals surface area contributed by atoms with Gasteiger partial charge in [-0.25, -0.2) is 4.98 Å². The quantitative estimate of drug-likeness (QED) is 0.679. The number of anilines is 1. The first-order chi connectivity index (χ1) is 10.1. The van der Waals surface area contributed by atoms with E-state index in [1.165, 1.54) is 6.20 Å². The molecular weight excluding hydrogens is 268 g/mol. The highest BCUT2D eigenvalue weighted by molar-refractivity contribution is 5.97. The minimum Gasteiger partial charge on any atom is -0.370 e. The lowest BCUT2D eigenvalue weighted by Gasteiger charge is -2.13. The maximum absolute atomic E-state index is 12.0. The highest BCUT2D eigenvalue weighted by Gasteiger charge is 2.16. The van der Waals surface area contributed by atoms with Crippen molar-refractivity contribution in [3.05, 3.63) is 23.9 Å². The van der Waals surface area contributed by atoms with E-state index >= 15 is 0 Å². The number of carbonyl (C=O) groups is 2. The Balaban J connectivity index is 2.53. The van der Waals surface area contributed by atoms with Gasteiger partial charge < -0.3 is 16.0 Å². The molecule has 3 N–H and O–H groups in total. The molecule has 6 nitrogen and oxygen atoms in total. The van der Waals surface area contributed by atoms with Crippen LogP contribution < -0.4 is 16.0 Å². The normalized spacial score (nSPS) is 11.6. The number of amides is 2. The second-order valence-corrected chi connectivity index (χ2v) is 4.85. The van der Waals surface area contributed by atoms with Gasteiger partial charge in [0.25, 0.3) is 5.91 Å². The second-order valence-electron chi connectivity index (χ2n) is 4.85. The SMILES string of the molecule is CCCNC(=O)C(C)NC(=O)c1ccc(NCCC)nc1. The van der Waals surface area contributed by atoms with E-state index in [0.29, 0.717) is 12.1 Å². The van der Waals surface area contributed by atoms with Crippen molar-refractivity contribution in [2.24, 2.45) is 0 Å². The van der Waals surface area contributed by atoms with Crippen LogP contribution in [0.15, 0.2) is 18.3 Å². The van der Waals surface area contributed by atoms with Crippen molar-refractivity contribution in [3.63, 3.8) is 0 Å². The van der Waals surface area contributed by atoms with E-state index in [4.69, 9.17) is 0 Å². The molecule has 1 rings (SSSR count). The van der Waals surface area contributed by atoms with E-state index in [0.717, 1.165) is 25.2 Å². The maximum atomic E-state index is 12.0. The summed E-state index contributed by atoms with van der Waals surface area (Å²) in [5.41, 5.74) is 0.437. The summed E-state index contributed by atoms with van der Waals surface area (Å²) in [6.45, 7) is 7.15. The molecule has 0 aromatic carbocycles. The van der Waals surface area contributed by atoms with Crippen LogP contribution in [0.3, 0.4) is 0 Å². The van der Waals surface area contributed by atoms with Crippen LogP contribution in [-0.2, 0) is 4.79 Å².